The Labute approximate surface area is 181 Å². The SMILES string of the molecule is CN=C(NCCCOCC1CC1)NCc1ccc(CN(C)C(=O)OC(C)(C)C)cc1. The fourth-order valence-electron chi connectivity index (χ4n) is 2.76. The van der Waals surface area contributed by atoms with Gasteiger partial charge in [-0.25, -0.2) is 4.79 Å². The van der Waals surface area contributed by atoms with Crippen LogP contribution >= 0.6 is 0 Å². The van der Waals surface area contributed by atoms with Gasteiger partial charge in [-0.3, -0.25) is 4.99 Å². The summed E-state index contributed by atoms with van der Waals surface area (Å²) in [6.45, 7) is 9.33. The molecule has 168 valence electrons. The molecule has 1 saturated carbocycles. The van der Waals surface area contributed by atoms with Crippen LogP contribution in [0.4, 0.5) is 4.79 Å². The number of carbonyl (C=O) groups is 1. The average Bonchev–Trinajstić information content (AvgIpc) is 3.51. The first kappa shape index (κ1) is 24.0. The lowest BCUT2D eigenvalue weighted by Gasteiger charge is -2.24. The number of guanidine groups is 1. The number of aliphatic imine (C=N–C) groups is 1. The zero-order valence-electron chi connectivity index (χ0n) is 19.2. The third-order valence-corrected chi connectivity index (χ3v) is 4.64. The smallest absolute Gasteiger partial charge is 0.410 e. The maximum atomic E-state index is 12.1. The van der Waals surface area contributed by atoms with Crippen molar-refractivity contribution in [1.82, 2.24) is 15.5 Å². The van der Waals surface area contributed by atoms with Crippen molar-refractivity contribution in [3.8, 4) is 0 Å². The van der Waals surface area contributed by atoms with Crippen LogP contribution in [-0.2, 0) is 22.6 Å². The van der Waals surface area contributed by atoms with Gasteiger partial charge in [0.2, 0.25) is 0 Å². The monoisotopic (exact) mass is 418 g/mol. The number of ether oxygens (including phenoxy) is 2. The van der Waals surface area contributed by atoms with E-state index < -0.39 is 5.60 Å². The summed E-state index contributed by atoms with van der Waals surface area (Å²) in [7, 11) is 3.52. The van der Waals surface area contributed by atoms with E-state index in [4.69, 9.17) is 9.47 Å². The molecule has 1 aromatic carbocycles. The molecule has 0 atom stereocenters. The lowest BCUT2D eigenvalue weighted by molar-refractivity contribution is 0.0285. The Kier molecular flexibility index (Phi) is 9.43. The highest BCUT2D eigenvalue weighted by atomic mass is 16.6. The minimum absolute atomic E-state index is 0.318. The number of amides is 1. The summed E-state index contributed by atoms with van der Waals surface area (Å²) in [5.74, 6) is 1.60. The number of benzene rings is 1. The van der Waals surface area contributed by atoms with Gasteiger partial charge in [0.25, 0.3) is 0 Å². The van der Waals surface area contributed by atoms with Crippen LogP contribution < -0.4 is 10.6 Å². The molecule has 0 saturated heterocycles. The Morgan fingerprint density at radius 1 is 1.17 bits per heavy atom. The zero-order valence-corrected chi connectivity index (χ0v) is 19.2. The van der Waals surface area contributed by atoms with Crippen molar-refractivity contribution in [2.24, 2.45) is 10.9 Å². The van der Waals surface area contributed by atoms with Gasteiger partial charge in [0, 0.05) is 46.9 Å². The van der Waals surface area contributed by atoms with Gasteiger partial charge in [-0.1, -0.05) is 24.3 Å². The lowest BCUT2D eigenvalue weighted by Crippen LogP contribution is -2.37. The number of nitrogens with zero attached hydrogens (tertiary/aromatic N) is 2. The van der Waals surface area contributed by atoms with Crippen LogP contribution in [0.5, 0.6) is 0 Å². The van der Waals surface area contributed by atoms with Crippen LogP contribution in [-0.4, -0.2) is 56.4 Å². The van der Waals surface area contributed by atoms with Crippen LogP contribution in [0.1, 0.15) is 51.2 Å². The van der Waals surface area contributed by atoms with E-state index in [2.05, 4.69) is 27.8 Å². The van der Waals surface area contributed by atoms with Crippen LogP contribution in [0.2, 0.25) is 0 Å². The number of rotatable bonds is 10. The molecular formula is C23H38N4O3. The summed E-state index contributed by atoms with van der Waals surface area (Å²) in [5.41, 5.74) is 1.71. The molecule has 0 spiro atoms. The van der Waals surface area contributed by atoms with Gasteiger partial charge >= 0.3 is 6.09 Å². The van der Waals surface area contributed by atoms with Gasteiger partial charge in [0.05, 0.1) is 0 Å². The maximum Gasteiger partial charge on any atom is 0.410 e. The van der Waals surface area contributed by atoms with Gasteiger partial charge in [-0.2, -0.15) is 0 Å². The minimum atomic E-state index is -0.489. The third-order valence-electron chi connectivity index (χ3n) is 4.64. The van der Waals surface area contributed by atoms with E-state index in [1.165, 1.54) is 12.8 Å². The molecule has 1 aliphatic rings. The van der Waals surface area contributed by atoms with E-state index in [-0.39, 0.29) is 6.09 Å². The van der Waals surface area contributed by atoms with Crippen LogP contribution in [0, 0.1) is 5.92 Å². The van der Waals surface area contributed by atoms with Gasteiger partial charge in [0.15, 0.2) is 5.96 Å². The first-order valence-corrected chi connectivity index (χ1v) is 10.8. The van der Waals surface area contributed by atoms with Gasteiger partial charge in [-0.15, -0.1) is 0 Å². The molecule has 1 amide bonds. The van der Waals surface area contributed by atoms with E-state index in [0.717, 1.165) is 49.2 Å². The first-order chi connectivity index (χ1) is 14.3. The summed E-state index contributed by atoms with van der Waals surface area (Å²) in [6, 6.07) is 8.19. The van der Waals surface area contributed by atoms with Crippen LogP contribution in [0.15, 0.2) is 29.3 Å². The normalized spacial score (nSPS) is 14.4. The standard InChI is InChI=1S/C23H38N4O3/c1-23(2,3)30-22(28)27(5)16-19-9-7-18(8-10-19)15-26-21(24-4)25-13-6-14-29-17-20-11-12-20/h7-10,20H,6,11-17H2,1-5H3,(H2,24,25,26). The maximum absolute atomic E-state index is 12.1. The molecule has 0 radical (unpaired) electrons. The second-order valence-corrected chi connectivity index (χ2v) is 8.88. The van der Waals surface area contributed by atoms with Crippen molar-refractivity contribution in [2.45, 2.75) is 58.7 Å². The summed E-state index contributed by atoms with van der Waals surface area (Å²) < 4.78 is 11.0. The summed E-state index contributed by atoms with van der Waals surface area (Å²) in [6.07, 6.45) is 3.31. The highest BCUT2D eigenvalue weighted by Crippen LogP contribution is 2.28. The molecule has 2 N–H and O–H groups in total. The van der Waals surface area contributed by atoms with Crippen molar-refractivity contribution < 1.29 is 14.3 Å². The molecule has 1 aromatic rings. The Balaban J connectivity index is 1.66. The molecule has 0 bridgehead atoms. The molecule has 2 rings (SSSR count). The number of hydrogen-bond donors (Lipinski definition) is 2. The van der Waals surface area contributed by atoms with Crippen LogP contribution in [0.25, 0.3) is 0 Å². The minimum Gasteiger partial charge on any atom is -0.444 e. The van der Waals surface area contributed by atoms with E-state index in [1.54, 1.807) is 19.0 Å². The lowest BCUT2D eigenvalue weighted by atomic mass is 10.1. The van der Waals surface area contributed by atoms with E-state index >= 15 is 0 Å². The first-order valence-electron chi connectivity index (χ1n) is 10.8. The molecule has 7 heteroatoms. The highest BCUT2D eigenvalue weighted by Gasteiger charge is 2.21. The molecule has 1 fully saturated rings. The predicted molar refractivity (Wildman–Crippen MR) is 121 cm³/mol. The zero-order chi connectivity index (χ0) is 22.0. The van der Waals surface area contributed by atoms with Crippen molar-refractivity contribution in [1.29, 1.82) is 0 Å². The summed E-state index contributed by atoms with van der Waals surface area (Å²) in [4.78, 5) is 17.9. The van der Waals surface area contributed by atoms with Crippen molar-refractivity contribution in [3.63, 3.8) is 0 Å². The van der Waals surface area contributed by atoms with Crippen LogP contribution in [0.3, 0.4) is 0 Å². The molecule has 30 heavy (non-hydrogen) atoms. The molecule has 0 aromatic heterocycles. The largest absolute Gasteiger partial charge is 0.444 e. The molecule has 0 heterocycles. The van der Waals surface area contributed by atoms with Gasteiger partial charge in [-0.05, 0) is 57.1 Å². The topological polar surface area (TPSA) is 75.2 Å². The molecular weight excluding hydrogens is 380 g/mol. The van der Waals surface area contributed by atoms with E-state index in [9.17, 15) is 4.79 Å². The van der Waals surface area contributed by atoms with E-state index in [0.29, 0.717) is 13.1 Å². The van der Waals surface area contributed by atoms with Gasteiger partial charge < -0.3 is 25.0 Å². The molecule has 7 nitrogen and oxygen atoms in total. The Bertz CT molecular complexity index is 679. The second-order valence-electron chi connectivity index (χ2n) is 8.88. The predicted octanol–water partition coefficient (Wildman–Crippen LogP) is 3.54. The number of nitrogens with one attached hydrogen (secondary N) is 2. The Morgan fingerprint density at radius 3 is 2.43 bits per heavy atom. The second kappa shape index (κ2) is 11.8. The number of carbonyl (C=O) groups excluding carboxylic acids is 1. The van der Waals surface area contributed by atoms with Crippen molar-refractivity contribution in [3.05, 3.63) is 35.4 Å². The number of hydrogen-bond acceptors (Lipinski definition) is 4. The van der Waals surface area contributed by atoms with Crippen molar-refractivity contribution in [2.75, 3.05) is 33.9 Å². The van der Waals surface area contributed by atoms with Gasteiger partial charge in [0.1, 0.15) is 5.60 Å². The summed E-state index contributed by atoms with van der Waals surface area (Å²) >= 11 is 0. The quantitative estimate of drug-likeness (QED) is 0.345. The average molecular weight is 419 g/mol. The molecule has 0 aliphatic heterocycles. The van der Waals surface area contributed by atoms with Crippen molar-refractivity contribution >= 4 is 12.1 Å². The Morgan fingerprint density at radius 2 is 1.83 bits per heavy atom. The fourth-order valence-corrected chi connectivity index (χ4v) is 2.76. The summed E-state index contributed by atoms with van der Waals surface area (Å²) in [5, 5.41) is 6.64. The fraction of sp³-hybridized carbons (Fsp3) is 0.652. The molecule has 0 unspecified atom stereocenters. The van der Waals surface area contributed by atoms with E-state index in [1.807, 2.05) is 32.9 Å². The molecule has 1 aliphatic carbocycles. The highest BCUT2D eigenvalue weighted by molar-refractivity contribution is 5.79. The third kappa shape index (κ3) is 9.96. The Hall–Kier alpha value is -2.28.